The Morgan fingerprint density at radius 3 is 2.52 bits per heavy atom. The minimum Gasteiger partial charge on any atom is -0.404 e. The molecule has 0 aliphatic carbocycles. The largest absolute Gasteiger partial charge is 0.573 e. The van der Waals surface area contributed by atoms with E-state index >= 15 is 0 Å². The minimum atomic E-state index is -4.76. The summed E-state index contributed by atoms with van der Waals surface area (Å²) in [5.41, 5.74) is 1.70. The summed E-state index contributed by atoms with van der Waals surface area (Å²) in [6.45, 7) is 2.00. The van der Waals surface area contributed by atoms with Crippen LogP contribution in [0.15, 0.2) is 42.5 Å². The Morgan fingerprint density at radius 2 is 1.81 bits per heavy atom. The summed E-state index contributed by atoms with van der Waals surface area (Å²) in [5.74, 6) is -0.712. The number of hydrogen-bond donors (Lipinski definition) is 1. The Morgan fingerprint density at radius 1 is 1.10 bits per heavy atom. The highest BCUT2D eigenvalue weighted by Crippen LogP contribution is 2.30. The van der Waals surface area contributed by atoms with Gasteiger partial charge in [0.25, 0.3) is 0 Å². The normalized spacial score (nSPS) is 11.3. The summed E-state index contributed by atoms with van der Waals surface area (Å²) in [6.07, 6.45) is -4.76. The van der Waals surface area contributed by atoms with Crippen molar-refractivity contribution in [2.45, 2.75) is 19.8 Å². The zero-order valence-corrected chi connectivity index (χ0v) is 11.2. The minimum absolute atomic E-state index is 0.193. The number of benzene rings is 2. The van der Waals surface area contributed by atoms with Crippen LogP contribution in [0.5, 0.6) is 5.75 Å². The topological polar surface area (TPSA) is 21.3 Å². The van der Waals surface area contributed by atoms with Crippen LogP contribution in [0.1, 0.15) is 11.1 Å². The number of nitrogens with one attached hydrogen (secondary N) is 1. The number of para-hydroxylation sites is 2. The lowest BCUT2D eigenvalue weighted by atomic mass is 10.1. The fourth-order valence-electron chi connectivity index (χ4n) is 1.85. The smallest absolute Gasteiger partial charge is 0.404 e. The predicted molar refractivity (Wildman–Crippen MR) is 71.6 cm³/mol. The zero-order valence-electron chi connectivity index (χ0n) is 11.2. The highest BCUT2D eigenvalue weighted by Gasteiger charge is 2.32. The molecule has 0 amide bonds. The maximum Gasteiger partial charge on any atom is 0.573 e. The van der Waals surface area contributed by atoms with Crippen molar-refractivity contribution >= 4 is 5.69 Å². The Hall–Kier alpha value is -2.24. The molecule has 2 rings (SSSR count). The fraction of sp³-hybridized carbons (Fsp3) is 0.200. The van der Waals surface area contributed by atoms with Gasteiger partial charge in [-0.2, -0.15) is 0 Å². The van der Waals surface area contributed by atoms with Crippen molar-refractivity contribution in [2.75, 3.05) is 5.32 Å². The van der Waals surface area contributed by atoms with E-state index in [0.717, 1.165) is 5.56 Å². The van der Waals surface area contributed by atoms with E-state index < -0.39 is 12.2 Å². The summed E-state index contributed by atoms with van der Waals surface area (Å²) in [5, 5.41) is 2.83. The van der Waals surface area contributed by atoms with E-state index in [4.69, 9.17) is 0 Å². The second kappa shape index (κ2) is 6.03. The van der Waals surface area contributed by atoms with Gasteiger partial charge in [-0.25, -0.2) is 4.39 Å². The van der Waals surface area contributed by atoms with Gasteiger partial charge in [0, 0.05) is 6.54 Å². The second-order valence-corrected chi connectivity index (χ2v) is 4.47. The molecule has 112 valence electrons. The van der Waals surface area contributed by atoms with Gasteiger partial charge in [0.1, 0.15) is 5.82 Å². The monoisotopic (exact) mass is 299 g/mol. The summed E-state index contributed by atoms with van der Waals surface area (Å²) >= 11 is 0. The molecule has 0 aliphatic rings. The molecule has 0 fully saturated rings. The average Bonchev–Trinajstić information content (AvgIpc) is 2.39. The number of hydrogen-bond acceptors (Lipinski definition) is 2. The van der Waals surface area contributed by atoms with E-state index in [0.29, 0.717) is 5.56 Å². The quantitative estimate of drug-likeness (QED) is 0.830. The van der Waals surface area contributed by atoms with E-state index in [1.54, 1.807) is 19.1 Å². The van der Waals surface area contributed by atoms with Crippen molar-refractivity contribution in [3.63, 3.8) is 0 Å². The number of alkyl halides is 3. The third-order valence-corrected chi connectivity index (χ3v) is 2.89. The summed E-state index contributed by atoms with van der Waals surface area (Å²) in [6, 6.07) is 10.0. The van der Waals surface area contributed by atoms with Crippen molar-refractivity contribution in [1.82, 2.24) is 0 Å². The molecular weight excluding hydrogens is 286 g/mol. The molecule has 0 saturated carbocycles. The van der Waals surface area contributed by atoms with Crippen molar-refractivity contribution in [3.05, 3.63) is 59.4 Å². The van der Waals surface area contributed by atoms with Crippen molar-refractivity contribution in [2.24, 2.45) is 0 Å². The molecule has 0 radical (unpaired) electrons. The van der Waals surface area contributed by atoms with Crippen molar-refractivity contribution in [1.29, 1.82) is 0 Å². The fourth-order valence-corrected chi connectivity index (χ4v) is 1.85. The number of aryl methyl sites for hydroxylation is 1. The highest BCUT2D eigenvalue weighted by atomic mass is 19.4. The maximum absolute atomic E-state index is 13.2. The third-order valence-electron chi connectivity index (χ3n) is 2.89. The molecule has 1 N–H and O–H groups in total. The highest BCUT2D eigenvalue weighted by molar-refractivity contribution is 5.56. The first-order valence-corrected chi connectivity index (χ1v) is 6.19. The second-order valence-electron chi connectivity index (χ2n) is 4.47. The van der Waals surface area contributed by atoms with Crippen LogP contribution < -0.4 is 10.1 Å². The van der Waals surface area contributed by atoms with Gasteiger partial charge in [-0.05, 0) is 42.3 Å². The van der Waals surface area contributed by atoms with Gasteiger partial charge >= 0.3 is 6.36 Å². The lowest BCUT2D eigenvalue weighted by Gasteiger charge is -2.15. The first kappa shape index (κ1) is 15.2. The Kier molecular flexibility index (Phi) is 4.35. The molecule has 2 aromatic rings. The van der Waals surface area contributed by atoms with Crippen LogP contribution in [-0.4, -0.2) is 6.36 Å². The molecule has 0 unspecified atom stereocenters. The molecule has 0 atom stereocenters. The summed E-state index contributed by atoms with van der Waals surface area (Å²) in [7, 11) is 0. The van der Waals surface area contributed by atoms with Crippen molar-refractivity contribution < 1.29 is 22.3 Å². The first-order chi connectivity index (χ1) is 9.85. The number of rotatable bonds is 4. The number of halogens is 4. The van der Waals surface area contributed by atoms with Crippen LogP contribution in [0.4, 0.5) is 23.2 Å². The predicted octanol–water partition coefficient (Wildman–Crippen LogP) is 4.64. The van der Waals surface area contributed by atoms with Crippen LogP contribution in [0, 0.1) is 12.7 Å². The van der Waals surface area contributed by atoms with E-state index in [-0.39, 0.29) is 18.0 Å². The third kappa shape index (κ3) is 4.37. The van der Waals surface area contributed by atoms with Gasteiger partial charge in [-0.15, -0.1) is 13.2 Å². The molecule has 0 heterocycles. The van der Waals surface area contributed by atoms with Gasteiger partial charge in [0.2, 0.25) is 0 Å². The van der Waals surface area contributed by atoms with Crippen LogP contribution in [0.25, 0.3) is 0 Å². The molecular formula is C15H13F4NO. The Balaban J connectivity index is 2.15. The summed E-state index contributed by atoms with van der Waals surface area (Å²) in [4.78, 5) is 0. The van der Waals surface area contributed by atoms with Crippen LogP contribution in [0.3, 0.4) is 0 Å². The number of ether oxygens (including phenoxy) is 1. The van der Waals surface area contributed by atoms with Gasteiger partial charge in [0.05, 0.1) is 5.69 Å². The standard InChI is InChI=1S/C15H13F4NO/c1-10-6-7-12(16)8-11(10)9-20-13-4-2-3-5-14(13)21-15(17,18)19/h2-8,20H,9H2,1H3. The molecule has 0 saturated heterocycles. The molecule has 0 spiro atoms. The SMILES string of the molecule is Cc1ccc(F)cc1CNc1ccccc1OC(F)(F)F. The van der Waals surface area contributed by atoms with Gasteiger partial charge in [-0.1, -0.05) is 18.2 Å². The molecule has 0 aliphatic heterocycles. The van der Waals surface area contributed by atoms with E-state index in [1.165, 1.54) is 30.3 Å². The molecule has 0 aromatic heterocycles. The zero-order chi connectivity index (χ0) is 15.5. The molecule has 2 aromatic carbocycles. The Bertz CT molecular complexity index is 625. The Labute approximate surface area is 119 Å². The maximum atomic E-state index is 13.2. The lowest BCUT2D eigenvalue weighted by molar-refractivity contribution is -0.274. The van der Waals surface area contributed by atoms with Gasteiger partial charge < -0.3 is 10.1 Å². The van der Waals surface area contributed by atoms with Crippen molar-refractivity contribution in [3.8, 4) is 5.75 Å². The molecule has 6 heteroatoms. The molecule has 21 heavy (non-hydrogen) atoms. The molecule has 0 bridgehead atoms. The van der Waals surface area contributed by atoms with E-state index in [9.17, 15) is 17.6 Å². The lowest BCUT2D eigenvalue weighted by Crippen LogP contribution is -2.18. The first-order valence-electron chi connectivity index (χ1n) is 6.19. The van der Waals surface area contributed by atoms with E-state index in [1.807, 2.05) is 0 Å². The van der Waals surface area contributed by atoms with Crippen LogP contribution in [-0.2, 0) is 6.54 Å². The summed E-state index contributed by atoms with van der Waals surface area (Å²) < 4.78 is 54.0. The van der Waals surface area contributed by atoms with Crippen LogP contribution in [0.2, 0.25) is 0 Å². The molecule has 2 nitrogen and oxygen atoms in total. The van der Waals surface area contributed by atoms with Crippen LogP contribution >= 0.6 is 0 Å². The number of anilines is 1. The average molecular weight is 299 g/mol. The van der Waals surface area contributed by atoms with Gasteiger partial charge in [-0.3, -0.25) is 0 Å². The van der Waals surface area contributed by atoms with Gasteiger partial charge in [0.15, 0.2) is 5.75 Å². The van der Waals surface area contributed by atoms with E-state index in [2.05, 4.69) is 10.1 Å².